The fourth-order valence-electron chi connectivity index (χ4n) is 5.96. The summed E-state index contributed by atoms with van der Waals surface area (Å²) in [6, 6.07) is 39.3. The first-order valence-corrected chi connectivity index (χ1v) is 22.3. The Labute approximate surface area is 364 Å². The molecule has 0 N–H and O–H groups in total. The molecular formula is C46H54Cl6O4. The first-order chi connectivity index (χ1) is 27.2. The van der Waals surface area contributed by atoms with Crippen molar-refractivity contribution in [2.45, 2.75) is 122 Å². The quantitative estimate of drug-likeness (QED) is 0.0432. The molecule has 0 bridgehead atoms. The lowest BCUT2D eigenvalue weighted by atomic mass is 9.97. The molecule has 1 saturated carbocycles. The van der Waals surface area contributed by atoms with Gasteiger partial charge in [-0.15, -0.1) is 69.6 Å². The van der Waals surface area contributed by atoms with Gasteiger partial charge in [-0.25, -0.2) is 0 Å². The number of unbranched alkanes of at least 4 members (excludes halogenated alkanes) is 11. The predicted octanol–water partition coefficient (Wildman–Crippen LogP) is 14.7. The first kappa shape index (κ1) is 47.9. The smallest absolute Gasteiger partial charge is 0.311 e. The first-order valence-electron chi connectivity index (χ1n) is 19.6. The summed E-state index contributed by atoms with van der Waals surface area (Å²) in [5.41, 5.74) is 2.55. The van der Waals surface area contributed by atoms with E-state index in [1.54, 1.807) is 24.3 Å². The molecule has 304 valence electrons. The second-order valence-electron chi connectivity index (χ2n) is 13.7. The lowest BCUT2D eigenvalue weighted by Gasteiger charge is -2.37. The van der Waals surface area contributed by atoms with Crippen LogP contribution < -0.4 is 9.47 Å². The van der Waals surface area contributed by atoms with Crippen LogP contribution in [0.25, 0.3) is 11.1 Å². The zero-order valence-corrected chi connectivity index (χ0v) is 36.3. The minimum absolute atomic E-state index is 0.135. The number of halogens is 6. The van der Waals surface area contributed by atoms with Crippen LogP contribution in [0.3, 0.4) is 0 Å². The zero-order valence-electron chi connectivity index (χ0n) is 31.8. The Morgan fingerprint density at radius 1 is 0.339 bits per heavy atom. The summed E-state index contributed by atoms with van der Waals surface area (Å²) in [5, 5.41) is -2.62. The summed E-state index contributed by atoms with van der Waals surface area (Å²) in [5.74, 6) is 0.986. The molecule has 4 aromatic rings. The molecule has 0 unspecified atom stereocenters. The number of alkyl halides is 6. The minimum atomic E-state index is -0.437. The summed E-state index contributed by atoms with van der Waals surface area (Å²) >= 11 is 35.3. The molecule has 0 amide bonds. The molecule has 0 aromatic heterocycles. The average Bonchev–Trinajstić information content (AvgIpc) is 3.23. The Morgan fingerprint density at radius 2 is 0.554 bits per heavy atom. The second kappa shape index (κ2) is 28.9. The van der Waals surface area contributed by atoms with E-state index in [2.05, 4.69) is 48.5 Å². The van der Waals surface area contributed by atoms with Crippen molar-refractivity contribution in [1.82, 2.24) is 0 Å². The van der Waals surface area contributed by atoms with Gasteiger partial charge in [0.25, 0.3) is 0 Å². The van der Waals surface area contributed by atoms with Crippen molar-refractivity contribution in [1.29, 1.82) is 0 Å². The van der Waals surface area contributed by atoms with E-state index in [0.717, 1.165) is 25.7 Å². The molecule has 0 radical (unpaired) electrons. The number of carbonyl (C=O) groups excluding carboxylic acids is 2. The van der Waals surface area contributed by atoms with E-state index in [4.69, 9.17) is 79.1 Å². The highest BCUT2D eigenvalue weighted by Crippen LogP contribution is 2.39. The van der Waals surface area contributed by atoms with Gasteiger partial charge in [-0.2, -0.15) is 0 Å². The third-order valence-corrected chi connectivity index (χ3v) is 13.2. The fourth-order valence-corrected chi connectivity index (χ4v) is 8.29. The van der Waals surface area contributed by atoms with E-state index in [1.165, 1.54) is 62.5 Å². The van der Waals surface area contributed by atoms with Crippen molar-refractivity contribution >= 4 is 81.5 Å². The van der Waals surface area contributed by atoms with Gasteiger partial charge in [0.2, 0.25) is 0 Å². The Balaban J connectivity index is 0.000000282. The van der Waals surface area contributed by atoms with Gasteiger partial charge in [0.1, 0.15) is 11.5 Å². The number of hydrogen-bond donors (Lipinski definition) is 0. The SMILES string of the molecule is ClC1C(Cl)C(Cl)C(Cl)C(Cl)C1Cl.O=C(CCCCCCCCCCCCCCC(=O)Oc1ccccc1)Oc1ccccc1.c1ccc(-c2ccccc2)cc1. The number of carbonyl (C=O) groups is 2. The molecule has 0 atom stereocenters. The predicted molar refractivity (Wildman–Crippen MR) is 239 cm³/mol. The van der Waals surface area contributed by atoms with Crippen LogP contribution in [0.4, 0.5) is 0 Å². The van der Waals surface area contributed by atoms with Gasteiger partial charge in [-0.3, -0.25) is 9.59 Å². The molecule has 4 nitrogen and oxygen atoms in total. The van der Waals surface area contributed by atoms with Gasteiger partial charge in [-0.05, 0) is 48.2 Å². The Morgan fingerprint density at radius 3 is 0.804 bits per heavy atom. The lowest BCUT2D eigenvalue weighted by Crippen LogP contribution is -2.52. The maximum atomic E-state index is 11.8. The molecule has 0 spiro atoms. The van der Waals surface area contributed by atoms with Crippen LogP contribution in [0.5, 0.6) is 11.5 Å². The largest absolute Gasteiger partial charge is 0.427 e. The minimum Gasteiger partial charge on any atom is -0.427 e. The lowest BCUT2D eigenvalue weighted by molar-refractivity contribution is -0.135. The molecule has 5 rings (SSSR count). The van der Waals surface area contributed by atoms with Crippen molar-refractivity contribution < 1.29 is 19.1 Å². The summed E-state index contributed by atoms with van der Waals surface area (Å²) in [7, 11) is 0. The van der Waals surface area contributed by atoms with Gasteiger partial charge in [0.15, 0.2) is 0 Å². The highest BCUT2D eigenvalue weighted by Gasteiger charge is 2.46. The number of ether oxygens (including phenoxy) is 2. The molecular weight excluding hydrogens is 829 g/mol. The molecule has 0 saturated heterocycles. The monoisotopic (exact) mass is 880 g/mol. The van der Waals surface area contributed by atoms with Crippen molar-refractivity contribution in [3.05, 3.63) is 121 Å². The Hall–Kier alpha value is -2.44. The van der Waals surface area contributed by atoms with Crippen LogP contribution in [0.15, 0.2) is 121 Å². The van der Waals surface area contributed by atoms with Crippen LogP contribution in [0.1, 0.15) is 89.9 Å². The fraction of sp³-hybridized carbons (Fsp3) is 0.435. The molecule has 0 aliphatic heterocycles. The molecule has 1 aliphatic rings. The standard InChI is InChI=1S/C28H38O4.C12H10.C6H6Cl6/c29-27(31-25-19-13-11-14-20-25)23-17-9-7-5-3-1-2-4-6-8-10-18-24-28(30)32-26-21-15-12-16-22-26;1-3-7-11(8-4-1)12-9-5-2-6-10-12;7-1-2(8)4(10)6(12)5(11)3(1)9/h11-16,19-22H,1-10,17-18,23-24H2;1-10H;1-6H. The number of para-hydroxylation sites is 2. The van der Waals surface area contributed by atoms with Crippen LogP contribution in [0.2, 0.25) is 0 Å². The highest BCUT2D eigenvalue weighted by molar-refractivity contribution is 6.45. The number of benzene rings is 4. The summed E-state index contributed by atoms with van der Waals surface area (Å²) in [6.45, 7) is 0. The zero-order chi connectivity index (χ0) is 40.4. The third-order valence-electron chi connectivity index (χ3n) is 9.17. The topological polar surface area (TPSA) is 52.6 Å². The van der Waals surface area contributed by atoms with E-state index in [1.807, 2.05) is 48.5 Å². The van der Waals surface area contributed by atoms with Gasteiger partial charge in [0.05, 0.1) is 32.3 Å². The number of hydrogen-bond acceptors (Lipinski definition) is 4. The van der Waals surface area contributed by atoms with Gasteiger partial charge in [0, 0.05) is 12.8 Å². The Bertz CT molecular complexity index is 1440. The normalized spacial score (nSPS) is 20.0. The summed E-state index contributed by atoms with van der Waals surface area (Å²) < 4.78 is 10.6. The van der Waals surface area contributed by atoms with Gasteiger partial charge in [-0.1, -0.05) is 161 Å². The average molecular weight is 884 g/mol. The van der Waals surface area contributed by atoms with E-state index < -0.39 is 32.3 Å². The van der Waals surface area contributed by atoms with E-state index in [9.17, 15) is 9.59 Å². The van der Waals surface area contributed by atoms with Crippen LogP contribution in [-0.2, 0) is 9.59 Å². The second-order valence-corrected chi connectivity index (χ2v) is 16.7. The van der Waals surface area contributed by atoms with Gasteiger partial charge >= 0.3 is 11.9 Å². The highest BCUT2D eigenvalue weighted by atomic mass is 35.5. The van der Waals surface area contributed by atoms with Crippen LogP contribution >= 0.6 is 69.6 Å². The van der Waals surface area contributed by atoms with Gasteiger partial charge < -0.3 is 9.47 Å². The van der Waals surface area contributed by atoms with E-state index in [-0.39, 0.29) is 11.9 Å². The molecule has 1 aliphatic carbocycles. The number of esters is 2. The molecule has 56 heavy (non-hydrogen) atoms. The summed E-state index contributed by atoms with van der Waals surface area (Å²) in [4.78, 5) is 23.6. The molecule has 1 fully saturated rings. The van der Waals surface area contributed by atoms with Crippen molar-refractivity contribution in [3.63, 3.8) is 0 Å². The maximum absolute atomic E-state index is 11.8. The Kier molecular flexibility index (Phi) is 24.7. The van der Waals surface area contributed by atoms with Crippen LogP contribution in [0, 0.1) is 0 Å². The van der Waals surface area contributed by atoms with E-state index >= 15 is 0 Å². The van der Waals surface area contributed by atoms with E-state index in [0.29, 0.717) is 24.3 Å². The summed E-state index contributed by atoms with van der Waals surface area (Å²) in [6.07, 6.45) is 15.0. The van der Waals surface area contributed by atoms with Crippen molar-refractivity contribution in [3.8, 4) is 22.6 Å². The maximum Gasteiger partial charge on any atom is 0.311 e. The van der Waals surface area contributed by atoms with Crippen LogP contribution in [-0.4, -0.2) is 44.2 Å². The third kappa shape index (κ3) is 19.3. The molecule has 4 aromatic carbocycles. The molecule has 0 heterocycles. The van der Waals surface area contributed by atoms with Crippen molar-refractivity contribution in [2.75, 3.05) is 0 Å². The molecule has 10 heteroatoms. The number of rotatable bonds is 18. The van der Waals surface area contributed by atoms with Crippen molar-refractivity contribution in [2.24, 2.45) is 0 Å².